The first-order chi connectivity index (χ1) is 15.6. The lowest BCUT2D eigenvalue weighted by Gasteiger charge is -2.36. The number of benzene rings is 1. The minimum Gasteiger partial charge on any atom is -0.370 e. The van der Waals surface area contributed by atoms with Gasteiger partial charge in [-0.25, -0.2) is 0 Å². The summed E-state index contributed by atoms with van der Waals surface area (Å²) in [5.74, 6) is 0.512. The molecule has 3 aromatic rings. The average molecular weight is 459 g/mol. The normalized spacial score (nSPS) is 16.4. The van der Waals surface area contributed by atoms with Crippen molar-refractivity contribution < 1.29 is 13.2 Å². The number of pyridine rings is 1. The minimum atomic E-state index is -4.38. The summed E-state index contributed by atoms with van der Waals surface area (Å²) in [6.07, 6.45) is -0.356. The highest BCUT2D eigenvalue weighted by Gasteiger charge is 2.30. The molecule has 9 heteroatoms. The Hall–Kier alpha value is -2.94. The first-order valence-corrected chi connectivity index (χ1v) is 11.1. The molecule has 1 N–H and O–H groups in total. The zero-order valence-corrected chi connectivity index (χ0v) is 19.3. The van der Waals surface area contributed by atoms with Crippen LogP contribution in [0.3, 0.4) is 0 Å². The lowest BCUT2D eigenvalue weighted by molar-refractivity contribution is -0.137. The number of nitrogens with one attached hydrogen (secondary N) is 1. The van der Waals surface area contributed by atoms with E-state index >= 15 is 0 Å². The van der Waals surface area contributed by atoms with Crippen LogP contribution in [0.15, 0.2) is 36.5 Å². The van der Waals surface area contributed by atoms with Gasteiger partial charge in [-0.3, -0.25) is 4.98 Å². The second-order valence-electron chi connectivity index (χ2n) is 8.89. The maximum absolute atomic E-state index is 13.1. The average Bonchev–Trinajstić information content (AvgIpc) is 2.80. The van der Waals surface area contributed by atoms with Gasteiger partial charge in [-0.05, 0) is 64.5 Å². The predicted octanol–water partition coefficient (Wildman–Crippen LogP) is 5.06. The van der Waals surface area contributed by atoms with Crippen molar-refractivity contribution in [3.05, 3.63) is 53.3 Å². The minimum absolute atomic E-state index is 0.396. The maximum Gasteiger partial charge on any atom is 0.416 e. The first kappa shape index (κ1) is 23.2. The fourth-order valence-electron chi connectivity index (χ4n) is 4.34. The first-order valence-electron chi connectivity index (χ1n) is 11.1. The van der Waals surface area contributed by atoms with E-state index < -0.39 is 17.8 Å². The van der Waals surface area contributed by atoms with E-state index in [0.29, 0.717) is 23.1 Å². The number of anilines is 2. The van der Waals surface area contributed by atoms with Gasteiger partial charge in [0, 0.05) is 24.5 Å². The van der Waals surface area contributed by atoms with Gasteiger partial charge in [-0.15, -0.1) is 5.10 Å². The van der Waals surface area contributed by atoms with Crippen molar-refractivity contribution >= 4 is 22.4 Å². The van der Waals surface area contributed by atoms with Crippen molar-refractivity contribution in [2.45, 2.75) is 44.9 Å². The summed E-state index contributed by atoms with van der Waals surface area (Å²) in [6, 6.07) is 7.58. The molecule has 1 atom stereocenters. The van der Waals surface area contributed by atoms with Gasteiger partial charge in [0.1, 0.15) is 0 Å². The van der Waals surface area contributed by atoms with Crippen molar-refractivity contribution in [2.75, 3.05) is 37.4 Å². The van der Waals surface area contributed by atoms with Crippen molar-refractivity contribution in [3.8, 4) is 0 Å². The van der Waals surface area contributed by atoms with Gasteiger partial charge in [0.2, 0.25) is 0 Å². The van der Waals surface area contributed by atoms with Gasteiger partial charge in [0.15, 0.2) is 5.82 Å². The van der Waals surface area contributed by atoms with Gasteiger partial charge in [-0.2, -0.15) is 18.3 Å². The molecule has 0 amide bonds. The van der Waals surface area contributed by atoms with Crippen molar-refractivity contribution in [1.82, 2.24) is 20.1 Å². The fraction of sp³-hybridized carbons (Fsp3) is 0.458. The second kappa shape index (κ2) is 9.13. The smallest absolute Gasteiger partial charge is 0.370 e. The summed E-state index contributed by atoms with van der Waals surface area (Å²) in [5.41, 5.74) is 2.31. The number of piperidine rings is 1. The number of rotatable bonds is 5. The highest BCUT2D eigenvalue weighted by atomic mass is 19.4. The number of hydrogen-bond donors (Lipinski definition) is 1. The van der Waals surface area contributed by atoms with Crippen molar-refractivity contribution in [2.24, 2.45) is 0 Å². The third kappa shape index (κ3) is 5.03. The highest BCUT2D eigenvalue weighted by Crippen LogP contribution is 2.33. The molecule has 0 aliphatic carbocycles. The molecule has 0 bridgehead atoms. The van der Waals surface area contributed by atoms with E-state index in [1.165, 1.54) is 12.1 Å². The van der Waals surface area contributed by atoms with E-state index in [4.69, 9.17) is 0 Å². The second-order valence-corrected chi connectivity index (χ2v) is 8.89. The summed E-state index contributed by atoms with van der Waals surface area (Å²) in [6.45, 7) is 5.55. The van der Waals surface area contributed by atoms with Gasteiger partial charge in [-0.1, -0.05) is 12.1 Å². The van der Waals surface area contributed by atoms with E-state index in [1.807, 2.05) is 20.0 Å². The van der Waals surface area contributed by atoms with Gasteiger partial charge < -0.3 is 15.1 Å². The van der Waals surface area contributed by atoms with Crippen LogP contribution in [0.25, 0.3) is 10.9 Å². The van der Waals surface area contributed by atoms with Gasteiger partial charge in [0.05, 0.1) is 34.7 Å². The van der Waals surface area contributed by atoms with E-state index in [1.54, 1.807) is 6.07 Å². The Kier molecular flexibility index (Phi) is 6.43. The van der Waals surface area contributed by atoms with Crippen LogP contribution in [0.1, 0.15) is 42.6 Å². The van der Waals surface area contributed by atoms with Gasteiger partial charge >= 0.3 is 6.18 Å². The largest absolute Gasteiger partial charge is 0.416 e. The van der Waals surface area contributed by atoms with E-state index in [-0.39, 0.29) is 0 Å². The molecule has 33 heavy (non-hydrogen) atoms. The zero-order chi connectivity index (χ0) is 23.8. The van der Waals surface area contributed by atoms with Crippen LogP contribution in [0.5, 0.6) is 0 Å². The summed E-state index contributed by atoms with van der Waals surface area (Å²) in [7, 11) is 4.23. The lowest BCUT2D eigenvalue weighted by Crippen LogP contribution is -2.42. The summed E-state index contributed by atoms with van der Waals surface area (Å²) >= 11 is 0. The molecule has 0 saturated carbocycles. The van der Waals surface area contributed by atoms with Crippen LogP contribution in [0.2, 0.25) is 0 Å². The standard InChI is InChI=1S/C24H29F3N6/c1-15(17-6-5-7-18(12-17)24(25,26)27)29-23-21-13-20(14-28-22(21)16(2)30-31-23)33-10-8-19(9-11-33)32(3)4/h5-7,12-15,19H,8-11H2,1-4H3,(H,29,31). The van der Waals surface area contributed by atoms with Crippen molar-refractivity contribution in [3.63, 3.8) is 0 Å². The number of fused-ring (bicyclic) bond motifs is 1. The number of alkyl halides is 3. The molecule has 2 aromatic heterocycles. The van der Waals surface area contributed by atoms with E-state index in [2.05, 4.69) is 50.5 Å². The number of aromatic nitrogens is 3. The summed E-state index contributed by atoms with van der Waals surface area (Å²) < 4.78 is 39.4. The predicted molar refractivity (Wildman–Crippen MR) is 124 cm³/mol. The third-order valence-corrected chi connectivity index (χ3v) is 6.40. The Morgan fingerprint density at radius 1 is 1.12 bits per heavy atom. The molecule has 1 unspecified atom stereocenters. The maximum atomic E-state index is 13.1. The fourth-order valence-corrected chi connectivity index (χ4v) is 4.34. The molecule has 1 fully saturated rings. The molecular formula is C24H29F3N6. The molecule has 0 spiro atoms. The molecular weight excluding hydrogens is 429 g/mol. The number of aryl methyl sites for hydroxylation is 1. The zero-order valence-electron chi connectivity index (χ0n) is 19.3. The molecule has 3 heterocycles. The molecule has 1 saturated heterocycles. The Bertz CT molecular complexity index is 1120. The van der Waals surface area contributed by atoms with Crippen LogP contribution in [-0.2, 0) is 6.18 Å². The number of nitrogens with zero attached hydrogens (tertiary/aromatic N) is 5. The van der Waals surface area contributed by atoms with E-state index in [9.17, 15) is 13.2 Å². The number of halogens is 3. The molecule has 4 rings (SSSR count). The Morgan fingerprint density at radius 2 is 1.85 bits per heavy atom. The summed E-state index contributed by atoms with van der Waals surface area (Å²) in [4.78, 5) is 9.25. The molecule has 176 valence electrons. The lowest BCUT2D eigenvalue weighted by atomic mass is 10.0. The van der Waals surface area contributed by atoms with Gasteiger partial charge in [0.25, 0.3) is 0 Å². The Morgan fingerprint density at radius 3 is 2.52 bits per heavy atom. The molecule has 0 radical (unpaired) electrons. The SMILES string of the molecule is Cc1nnc(NC(C)c2cccc(C(F)(F)F)c2)c2cc(N3CCC(N(C)C)CC3)cnc12. The number of hydrogen-bond acceptors (Lipinski definition) is 6. The Balaban J connectivity index is 1.62. The molecule has 1 aromatic carbocycles. The third-order valence-electron chi connectivity index (χ3n) is 6.40. The monoisotopic (exact) mass is 458 g/mol. The van der Waals surface area contributed by atoms with Crippen LogP contribution in [0, 0.1) is 6.92 Å². The van der Waals surface area contributed by atoms with Crippen LogP contribution < -0.4 is 10.2 Å². The van der Waals surface area contributed by atoms with Crippen LogP contribution in [-0.4, -0.2) is 53.3 Å². The Labute approximate surface area is 191 Å². The quantitative estimate of drug-likeness (QED) is 0.577. The van der Waals surface area contributed by atoms with Crippen LogP contribution in [0.4, 0.5) is 24.7 Å². The molecule has 1 aliphatic rings. The molecule has 6 nitrogen and oxygen atoms in total. The van der Waals surface area contributed by atoms with Crippen LogP contribution >= 0.6 is 0 Å². The van der Waals surface area contributed by atoms with Crippen molar-refractivity contribution in [1.29, 1.82) is 0 Å². The molecule has 1 aliphatic heterocycles. The highest BCUT2D eigenvalue weighted by molar-refractivity contribution is 5.92. The van der Waals surface area contributed by atoms with E-state index in [0.717, 1.165) is 48.6 Å². The summed E-state index contributed by atoms with van der Waals surface area (Å²) in [5, 5.41) is 12.6. The topological polar surface area (TPSA) is 57.2 Å².